The van der Waals surface area contributed by atoms with Crippen molar-refractivity contribution in [2.45, 2.75) is 11.1 Å². The predicted molar refractivity (Wildman–Crippen MR) is 50.1 cm³/mol. The molecule has 1 aromatic carbocycles. The first-order chi connectivity index (χ1) is 7.27. The molecule has 0 aliphatic rings. The van der Waals surface area contributed by atoms with Crippen molar-refractivity contribution in [3.8, 4) is 6.07 Å². The molecule has 0 fully saturated rings. The number of nitriles is 1. The monoisotopic (exact) mass is 248 g/mol. The molecule has 0 aliphatic heterocycles. The van der Waals surface area contributed by atoms with Crippen molar-refractivity contribution in [1.82, 2.24) is 0 Å². The van der Waals surface area contributed by atoms with Gasteiger partial charge in [-0.2, -0.15) is 18.4 Å². The van der Waals surface area contributed by atoms with E-state index in [-0.39, 0.29) is 0 Å². The summed E-state index contributed by atoms with van der Waals surface area (Å²) in [5.41, 5.74) is -2.56. The maximum Gasteiger partial charge on any atom is 0.417 e. The number of nitrogens with zero attached hydrogens (tertiary/aromatic N) is 2. The topological polar surface area (TPSA) is 66.9 Å². The van der Waals surface area contributed by atoms with E-state index in [0.717, 1.165) is 6.07 Å². The molecular formula is C8H3F3N2O2S. The smallest absolute Gasteiger partial charge is 0.258 e. The molecular weight excluding hydrogens is 245 g/mol. The van der Waals surface area contributed by atoms with Crippen LogP contribution in [0.5, 0.6) is 0 Å². The van der Waals surface area contributed by atoms with Crippen molar-refractivity contribution < 1.29 is 18.1 Å². The molecule has 84 valence electrons. The Morgan fingerprint density at radius 3 is 2.38 bits per heavy atom. The van der Waals surface area contributed by atoms with E-state index in [0.29, 0.717) is 6.07 Å². The Balaban J connectivity index is 3.58. The highest BCUT2D eigenvalue weighted by atomic mass is 32.1. The van der Waals surface area contributed by atoms with Crippen LogP contribution in [0.15, 0.2) is 17.0 Å². The summed E-state index contributed by atoms with van der Waals surface area (Å²) < 4.78 is 37.3. The molecule has 0 heterocycles. The van der Waals surface area contributed by atoms with E-state index in [9.17, 15) is 23.3 Å². The molecule has 0 saturated carbocycles. The van der Waals surface area contributed by atoms with Gasteiger partial charge in [-0.1, -0.05) is 0 Å². The zero-order chi connectivity index (χ0) is 12.5. The van der Waals surface area contributed by atoms with E-state index < -0.39 is 32.8 Å². The second kappa shape index (κ2) is 4.02. The Morgan fingerprint density at radius 1 is 1.44 bits per heavy atom. The zero-order valence-corrected chi connectivity index (χ0v) is 8.34. The molecule has 0 aliphatic carbocycles. The molecule has 16 heavy (non-hydrogen) atoms. The Labute approximate surface area is 92.9 Å². The standard InChI is InChI=1S/C8H3F3N2O2S/c9-8(10,11)5-1-4(3-12)2-6(7(5)16)13(14)15/h1-2,16H. The minimum atomic E-state index is -4.78. The SMILES string of the molecule is N#Cc1cc([N+](=O)[O-])c(S)c(C(F)(F)F)c1. The number of halogens is 3. The van der Waals surface area contributed by atoms with Crippen molar-refractivity contribution in [2.75, 3.05) is 0 Å². The van der Waals surface area contributed by atoms with Gasteiger partial charge in [0.15, 0.2) is 0 Å². The predicted octanol–water partition coefficient (Wildman–Crippen LogP) is 2.77. The fraction of sp³-hybridized carbons (Fsp3) is 0.125. The number of nitro benzene ring substituents is 1. The lowest BCUT2D eigenvalue weighted by Gasteiger charge is -2.09. The number of hydrogen-bond donors (Lipinski definition) is 1. The molecule has 4 nitrogen and oxygen atoms in total. The zero-order valence-electron chi connectivity index (χ0n) is 7.45. The average Bonchev–Trinajstić information content (AvgIpc) is 2.15. The molecule has 0 amide bonds. The molecule has 8 heteroatoms. The second-order valence-corrected chi connectivity index (χ2v) is 3.21. The van der Waals surface area contributed by atoms with Gasteiger partial charge in [-0.25, -0.2) is 0 Å². The first kappa shape index (κ1) is 12.3. The number of thiol groups is 1. The highest BCUT2D eigenvalue weighted by Crippen LogP contribution is 2.38. The largest absolute Gasteiger partial charge is 0.417 e. The van der Waals surface area contributed by atoms with E-state index in [1.54, 1.807) is 0 Å². The van der Waals surface area contributed by atoms with Crippen LogP contribution < -0.4 is 0 Å². The van der Waals surface area contributed by atoms with Gasteiger partial charge in [0.25, 0.3) is 5.69 Å². The number of hydrogen-bond acceptors (Lipinski definition) is 4. The normalized spacial score (nSPS) is 10.9. The molecule has 0 aromatic heterocycles. The van der Waals surface area contributed by atoms with Gasteiger partial charge in [0, 0.05) is 6.07 Å². The van der Waals surface area contributed by atoms with Crippen LogP contribution in [0.1, 0.15) is 11.1 Å². The molecule has 0 saturated heterocycles. The van der Waals surface area contributed by atoms with Crippen LogP contribution in [0, 0.1) is 21.4 Å². The van der Waals surface area contributed by atoms with Gasteiger partial charge >= 0.3 is 6.18 Å². The Morgan fingerprint density at radius 2 is 2.00 bits per heavy atom. The maximum atomic E-state index is 12.4. The molecule has 0 unspecified atom stereocenters. The minimum Gasteiger partial charge on any atom is -0.258 e. The maximum absolute atomic E-state index is 12.4. The van der Waals surface area contributed by atoms with Crippen LogP contribution in [0.3, 0.4) is 0 Å². The first-order valence-corrected chi connectivity index (χ1v) is 4.20. The van der Waals surface area contributed by atoms with E-state index in [2.05, 4.69) is 12.6 Å². The van der Waals surface area contributed by atoms with Gasteiger partial charge in [0.2, 0.25) is 0 Å². The van der Waals surface area contributed by atoms with Gasteiger partial charge < -0.3 is 0 Å². The lowest BCUT2D eigenvalue weighted by molar-refractivity contribution is -0.388. The van der Waals surface area contributed by atoms with Crippen LogP contribution in [0.4, 0.5) is 18.9 Å². The molecule has 0 spiro atoms. The lowest BCUT2D eigenvalue weighted by atomic mass is 10.1. The van der Waals surface area contributed by atoms with Crippen LogP contribution in [0.25, 0.3) is 0 Å². The summed E-state index contributed by atoms with van der Waals surface area (Å²) in [7, 11) is 0. The third kappa shape index (κ3) is 2.25. The minimum absolute atomic E-state index is 0.433. The van der Waals surface area contributed by atoms with Crippen molar-refractivity contribution >= 4 is 18.3 Å². The van der Waals surface area contributed by atoms with Crippen LogP contribution in [0.2, 0.25) is 0 Å². The van der Waals surface area contributed by atoms with Crippen LogP contribution >= 0.6 is 12.6 Å². The summed E-state index contributed by atoms with van der Waals surface area (Å²) in [5.74, 6) is 0. The first-order valence-electron chi connectivity index (χ1n) is 3.76. The summed E-state index contributed by atoms with van der Waals surface area (Å²) in [6.07, 6.45) is -4.78. The van der Waals surface area contributed by atoms with Gasteiger partial charge in [-0.3, -0.25) is 10.1 Å². The van der Waals surface area contributed by atoms with E-state index in [1.165, 1.54) is 6.07 Å². The summed E-state index contributed by atoms with van der Waals surface area (Å²) in [4.78, 5) is 8.64. The Bertz CT molecular complexity index is 493. The molecule has 0 N–H and O–H groups in total. The highest BCUT2D eigenvalue weighted by molar-refractivity contribution is 7.80. The fourth-order valence-electron chi connectivity index (χ4n) is 1.04. The Kier molecular flexibility index (Phi) is 3.09. The number of alkyl halides is 3. The molecule has 0 bridgehead atoms. The van der Waals surface area contributed by atoms with Gasteiger partial charge in [-0.05, 0) is 6.07 Å². The lowest BCUT2D eigenvalue weighted by Crippen LogP contribution is -2.08. The van der Waals surface area contributed by atoms with Crippen molar-refractivity contribution in [2.24, 2.45) is 0 Å². The average molecular weight is 248 g/mol. The third-order valence-corrected chi connectivity index (χ3v) is 2.19. The van der Waals surface area contributed by atoms with E-state index in [1.807, 2.05) is 0 Å². The molecule has 0 radical (unpaired) electrons. The van der Waals surface area contributed by atoms with Crippen molar-refractivity contribution in [3.63, 3.8) is 0 Å². The summed E-state index contributed by atoms with van der Waals surface area (Å²) >= 11 is 3.46. The number of rotatable bonds is 1. The van der Waals surface area contributed by atoms with Crippen molar-refractivity contribution in [1.29, 1.82) is 5.26 Å². The quantitative estimate of drug-likeness (QED) is 0.472. The molecule has 0 atom stereocenters. The molecule has 1 aromatic rings. The molecule has 1 rings (SSSR count). The third-order valence-electron chi connectivity index (χ3n) is 1.72. The van der Waals surface area contributed by atoms with Gasteiger partial charge in [-0.15, -0.1) is 12.6 Å². The van der Waals surface area contributed by atoms with Gasteiger partial charge in [0.1, 0.15) is 0 Å². The second-order valence-electron chi connectivity index (χ2n) is 2.76. The highest BCUT2D eigenvalue weighted by Gasteiger charge is 2.36. The van der Waals surface area contributed by atoms with E-state index >= 15 is 0 Å². The Hall–Kier alpha value is -1.75. The van der Waals surface area contributed by atoms with Crippen molar-refractivity contribution in [3.05, 3.63) is 33.4 Å². The van der Waals surface area contributed by atoms with Gasteiger partial charge in [0.05, 0.1) is 27.0 Å². The van der Waals surface area contributed by atoms with Crippen LogP contribution in [-0.4, -0.2) is 4.92 Å². The van der Waals surface area contributed by atoms with Crippen LogP contribution in [-0.2, 0) is 6.18 Å². The van der Waals surface area contributed by atoms with E-state index in [4.69, 9.17) is 5.26 Å². The number of benzene rings is 1. The summed E-state index contributed by atoms with van der Waals surface area (Å²) in [6, 6.07) is 2.69. The number of nitro groups is 1. The summed E-state index contributed by atoms with van der Waals surface area (Å²) in [5, 5.41) is 18.9. The summed E-state index contributed by atoms with van der Waals surface area (Å²) in [6.45, 7) is 0. The fourth-order valence-corrected chi connectivity index (χ4v) is 1.38.